The monoisotopic (exact) mass is 657 g/mol. The number of phenols is 1. The first-order valence-electron chi connectivity index (χ1n) is 14.6. The predicted molar refractivity (Wildman–Crippen MR) is 178 cm³/mol. The molecule has 0 radical (unpaired) electrons. The number of anilines is 2. The van der Waals surface area contributed by atoms with Crippen molar-refractivity contribution in [3.05, 3.63) is 117 Å². The smallest absolute Gasteiger partial charge is 0.340 e. The number of aldehydes is 1. The zero-order chi connectivity index (χ0) is 35.0. The van der Waals surface area contributed by atoms with Crippen LogP contribution in [0.2, 0.25) is 0 Å². The maximum Gasteiger partial charge on any atom is 0.340 e. The van der Waals surface area contributed by atoms with Gasteiger partial charge in [0.05, 0.1) is 17.0 Å². The Balaban J connectivity index is 0.000000235. The quantitative estimate of drug-likeness (QED) is 0.0462. The average Bonchev–Trinajstić information content (AvgIpc) is 3.37. The highest BCUT2D eigenvalue weighted by atomic mass is 16.6. The van der Waals surface area contributed by atoms with E-state index in [0.717, 1.165) is 24.6 Å². The summed E-state index contributed by atoms with van der Waals surface area (Å²) in [6.45, 7) is 1.30. The number of hydrogen-bond acceptors (Lipinski definition) is 12. The Bertz CT molecular complexity index is 1850. The molecule has 4 aromatic carbocycles. The number of ether oxygens (including phenoxy) is 2. The van der Waals surface area contributed by atoms with Gasteiger partial charge < -0.3 is 45.7 Å². The second kappa shape index (κ2) is 15.1. The molecule has 0 fully saturated rings. The van der Waals surface area contributed by atoms with Gasteiger partial charge in [0, 0.05) is 85.1 Å². The number of carbonyl (C=O) groups is 3. The van der Waals surface area contributed by atoms with Gasteiger partial charge in [0.25, 0.3) is 11.6 Å². The van der Waals surface area contributed by atoms with Gasteiger partial charge in [0.1, 0.15) is 23.5 Å². The van der Waals surface area contributed by atoms with E-state index in [0.29, 0.717) is 41.3 Å². The lowest BCUT2D eigenvalue weighted by Crippen LogP contribution is -2.33. The Morgan fingerprint density at radius 2 is 1.69 bits per heavy atom. The molecule has 1 amide bonds. The van der Waals surface area contributed by atoms with Gasteiger partial charge in [-0.25, -0.2) is 4.79 Å². The number of aliphatic hydroxyl groups excluding tert-OH is 1. The number of phenolic OH excluding ortho intramolecular Hbond substituents is 1. The molecule has 4 aromatic rings. The maximum absolute atomic E-state index is 12.7. The van der Waals surface area contributed by atoms with Crippen LogP contribution in [-0.4, -0.2) is 74.1 Å². The van der Waals surface area contributed by atoms with Crippen LogP contribution < -0.4 is 26.0 Å². The van der Waals surface area contributed by atoms with E-state index < -0.39 is 16.5 Å². The third kappa shape index (κ3) is 6.89. The van der Waals surface area contributed by atoms with E-state index >= 15 is 0 Å². The molecule has 6 rings (SSSR count). The predicted octanol–water partition coefficient (Wildman–Crippen LogP) is 3.33. The molecule has 6 N–H and O–H groups in total. The fraction of sp³-hybridized carbons (Fsp3) is 0.206. The van der Waals surface area contributed by atoms with Crippen LogP contribution in [0.3, 0.4) is 0 Å². The first-order chi connectivity index (χ1) is 23.1. The van der Waals surface area contributed by atoms with Gasteiger partial charge in [-0.2, -0.15) is 0 Å². The van der Waals surface area contributed by atoms with E-state index in [9.17, 15) is 29.6 Å². The molecule has 1 unspecified atom stereocenters. The minimum Gasteiger partial charge on any atom is -0.508 e. The number of nitrogens with zero attached hydrogens (tertiary/aromatic N) is 2. The number of likely N-dealkylation sites (N-methyl/N-ethyl adjacent to an activating group) is 2. The van der Waals surface area contributed by atoms with Crippen LogP contribution in [0.15, 0.2) is 78.9 Å². The fourth-order valence-corrected chi connectivity index (χ4v) is 5.38. The number of nitrogen functional groups attached to an aromatic ring is 1. The Morgan fingerprint density at radius 3 is 2.38 bits per heavy atom. The maximum atomic E-state index is 12.7. The number of carbonyl (C=O) groups excluding carboxylic acids is 3. The lowest BCUT2D eigenvalue weighted by molar-refractivity contribution is -0.384. The number of hydrogen-bond donors (Lipinski definition) is 5. The fourth-order valence-electron chi connectivity index (χ4n) is 5.38. The third-order valence-electron chi connectivity index (χ3n) is 7.54. The summed E-state index contributed by atoms with van der Waals surface area (Å²) in [7, 11) is 4.57. The molecule has 0 bridgehead atoms. The third-order valence-corrected chi connectivity index (χ3v) is 7.54. The summed E-state index contributed by atoms with van der Waals surface area (Å²) >= 11 is 0. The number of nitro benzene ring substituents is 1. The van der Waals surface area contributed by atoms with Crippen LogP contribution in [-0.2, 0) is 15.1 Å². The minimum absolute atomic E-state index is 0.0502. The van der Waals surface area contributed by atoms with Crippen molar-refractivity contribution in [1.82, 2.24) is 10.6 Å². The molecule has 1 atom stereocenters. The number of fused-ring (bicyclic) bond motifs is 6. The molecule has 0 aliphatic carbocycles. The van der Waals surface area contributed by atoms with Crippen molar-refractivity contribution < 1.29 is 39.0 Å². The molecule has 0 aromatic heterocycles. The summed E-state index contributed by atoms with van der Waals surface area (Å²) in [5.41, 5.74) is 7.88. The summed E-state index contributed by atoms with van der Waals surface area (Å²) in [4.78, 5) is 47.1. The molecule has 2 aliphatic rings. The van der Waals surface area contributed by atoms with Gasteiger partial charge in [-0.3, -0.25) is 14.9 Å². The van der Waals surface area contributed by atoms with Crippen molar-refractivity contribution in [3.8, 4) is 17.2 Å². The number of benzene rings is 4. The number of rotatable bonds is 8. The Labute approximate surface area is 275 Å². The van der Waals surface area contributed by atoms with E-state index in [-0.39, 0.29) is 35.1 Å². The van der Waals surface area contributed by atoms with Crippen molar-refractivity contribution in [2.45, 2.75) is 5.60 Å². The largest absolute Gasteiger partial charge is 0.508 e. The standard InChI is InChI=1S/C23H17NO5.C10H14N4O3.CH4O/c1-24(10-11-25)14-6-8-18-20(12-14)28-21-13-15(26)7-9-19(21)23(18)17-5-3-2-4-16(17)22(27)29-23;1-12-2-3-13-10(15)7-4-8(11)6-9(5-7)14(16)17;1-2/h2-9,11-13,26H,10H2,1H3;4-6,12H,2-3,11H2,1H3,(H,13,15);2H,1H3. The lowest BCUT2D eigenvalue weighted by Gasteiger charge is -2.37. The molecule has 14 nitrogen and oxygen atoms in total. The summed E-state index contributed by atoms with van der Waals surface area (Å²) < 4.78 is 12.1. The van der Waals surface area contributed by atoms with E-state index in [4.69, 9.17) is 20.3 Å². The highest BCUT2D eigenvalue weighted by molar-refractivity contribution is 5.97. The van der Waals surface area contributed by atoms with E-state index in [1.54, 1.807) is 43.3 Å². The van der Waals surface area contributed by atoms with Crippen molar-refractivity contribution >= 4 is 35.2 Å². The van der Waals surface area contributed by atoms with Crippen LogP contribution in [0.25, 0.3) is 0 Å². The molecule has 1 spiro atoms. The Hall–Kier alpha value is -5.99. The number of aliphatic hydroxyl groups is 1. The van der Waals surface area contributed by atoms with Crippen LogP contribution >= 0.6 is 0 Å². The number of nitrogens with two attached hydrogens (primary N) is 1. The number of amides is 1. The normalized spacial score (nSPS) is 14.7. The second-order valence-corrected chi connectivity index (χ2v) is 10.6. The van der Waals surface area contributed by atoms with Gasteiger partial charge in [-0.15, -0.1) is 0 Å². The molecule has 250 valence electrons. The highest BCUT2D eigenvalue weighted by Gasteiger charge is 2.53. The van der Waals surface area contributed by atoms with E-state index in [1.807, 2.05) is 30.3 Å². The molecule has 2 aliphatic heterocycles. The van der Waals surface area contributed by atoms with Gasteiger partial charge in [0.15, 0.2) is 5.60 Å². The lowest BCUT2D eigenvalue weighted by atomic mass is 9.77. The average molecular weight is 658 g/mol. The Morgan fingerprint density at radius 1 is 1.00 bits per heavy atom. The molecule has 14 heteroatoms. The van der Waals surface area contributed by atoms with Gasteiger partial charge >= 0.3 is 5.97 Å². The van der Waals surface area contributed by atoms with E-state index in [2.05, 4.69) is 10.6 Å². The number of nitrogens with one attached hydrogen (secondary N) is 2. The summed E-state index contributed by atoms with van der Waals surface area (Å²) in [5.74, 6) is 0.180. The summed E-state index contributed by atoms with van der Waals surface area (Å²) in [6, 6.07) is 21.4. The molecule has 48 heavy (non-hydrogen) atoms. The first kappa shape index (κ1) is 34.9. The highest BCUT2D eigenvalue weighted by Crippen LogP contribution is 2.56. The summed E-state index contributed by atoms with van der Waals surface area (Å²) in [5, 5.41) is 33.1. The molecule has 0 saturated heterocycles. The molecule has 2 heterocycles. The summed E-state index contributed by atoms with van der Waals surface area (Å²) in [6.07, 6.45) is 0.824. The zero-order valence-electron chi connectivity index (χ0n) is 26.4. The minimum atomic E-state index is -1.16. The van der Waals surface area contributed by atoms with Crippen LogP contribution in [0.5, 0.6) is 17.2 Å². The van der Waals surface area contributed by atoms with E-state index in [1.165, 1.54) is 24.3 Å². The Kier molecular flexibility index (Phi) is 10.9. The van der Waals surface area contributed by atoms with Crippen molar-refractivity contribution in [2.24, 2.45) is 0 Å². The zero-order valence-corrected chi connectivity index (χ0v) is 26.4. The van der Waals surface area contributed by atoms with Gasteiger partial charge in [0.2, 0.25) is 0 Å². The SMILES string of the molecule is CN(CC=O)c1ccc2c(c1)Oc1cc(O)ccc1C21OC(=O)c2ccccc21.CNCCNC(=O)c1cc(N)cc([N+](=O)[O-])c1.CO. The van der Waals surface area contributed by atoms with Gasteiger partial charge in [-0.1, -0.05) is 18.2 Å². The van der Waals surface area contributed by atoms with Crippen LogP contribution in [0, 0.1) is 10.1 Å². The van der Waals surface area contributed by atoms with Crippen molar-refractivity contribution in [2.75, 3.05) is 51.5 Å². The first-order valence-corrected chi connectivity index (χ1v) is 14.6. The molecule has 0 saturated carbocycles. The topological polar surface area (TPSA) is 207 Å². The second-order valence-electron chi connectivity index (χ2n) is 10.6. The van der Waals surface area contributed by atoms with Crippen LogP contribution in [0.1, 0.15) is 37.4 Å². The van der Waals surface area contributed by atoms with Gasteiger partial charge in [-0.05, 0) is 43.4 Å². The van der Waals surface area contributed by atoms with Crippen LogP contribution in [0.4, 0.5) is 17.1 Å². The number of non-ortho nitro benzene ring substituents is 1. The van der Waals surface area contributed by atoms with Crippen molar-refractivity contribution in [3.63, 3.8) is 0 Å². The molecular weight excluding hydrogens is 622 g/mol. The van der Waals surface area contributed by atoms with Crippen molar-refractivity contribution in [1.29, 1.82) is 0 Å². The number of esters is 1. The molecular formula is C34H35N5O9. The number of nitro groups is 1. The number of aromatic hydroxyl groups is 1.